The van der Waals surface area contributed by atoms with E-state index in [4.69, 9.17) is 4.74 Å². The van der Waals surface area contributed by atoms with E-state index >= 15 is 0 Å². The standard InChI is InChI=1S/C17H27N5O3/c1-25-12-11-21-9-10-22-13-14(19-15(22)17(21)24)16(23)18-5-8-20-6-3-2-4-7-20/h13H,2-12H2,1H3,(H,18,23). The minimum absolute atomic E-state index is 0.143. The highest BCUT2D eigenvalue weighted by Gasteiger charge is 2.28. The number of nitrogens with one attached hydrogen (secondary N) is 1. The van der Waals surface area contributed by atoms with Crippen LogP contribution in [-0.4, -0.2) is 84.2 Å². The van der Waals surface area contributed by atoms with Crippen molar-refractivity contribution >= 4 is 11.8 Å². The highest BCUT2D eigenvalue weighted by molar-refractivity contribution is 5.96. The van der Waals surface area contributed by atoms with Gasteiger partial charge in [0.1, 0.15) is 5.69 Å². The smallest absolute Gasteiger partial charge is 0.290 e. The molecule has 25 heavy (non-hydrogen) atoms. The molecule has 2 amide bonds. The van der Waals surface area contributed by atoms with Gasteiger partial charge in [-0.2, -0.15) is 0 Å². The van der Waals surface area contributed by atoms with Crippen molar-refractivity contribution < 1.29 is 14.3 Å². The number of fused-ring (bicyclic) bond motifs is 1. The Morgan fingerprint density at radius 3 is 2.76 bits per heavy atom. The molecule has 138 valence electrons. The van der Waals surface area contributed by atoms with Crippen molar-refractivity contribution in [2.24, 2.45) is 0 Å². The van der Waals surface area contributed by atoms with Gasteiger partial charge in [-0.3, -0.25) is 9.59 Å². The van der Waals surface area contributed by atoms with Crippen LogP contribution in [0, 0.1) is 0 Å². The Hall–Kier alpha value is -1.93. The number of piperidine rings is 1. The second-order valence-electron chi connectivity index (χ2n) is 6.59. The lowest BCUT2D eigenvalue weighted by Gasteiger charge is -2.26. The predicted molar refractivity (Wildman–Crippen MR) is 92.6 cm³/mol. The van der Waals surface area contributed by atoms with E-state index in [-0.39, 0.29) is 11.8 Å². The van der Waals surface area contributed by atoms with Crippen molar-refractivity contribution in [2.45, 2.75) is 25.8 Å². The SMILES string of the molecule is COCCN1CCn2cc(C(=O)NCCN3CCCCC3)nc2C1=O. The molecule has 8 heteroatoms. The maximum Gasteiger partial charge on any atom is 0.290 e. The quantitative estimate of drug-likeness (QED) is 0.761. The fourth-order valence-corrected chi connectivity index (χ4v) is 3.35. The lowest BCUT2D eigenvalue weighted by atomic mass is 10.1. The summed E-state index contributed by atoms with van der Waals surface area (Å²) in [5, 5.41) is 2.91. The van der Waals surface area contributed by atoms with Crippen molar-refractivity contribution in [1.29, 1.82) is 0 Å². The molecule has 1 saturated heterocycles. The molecular formula is C17H27N5O3. The Kier molecular flexibility index (Phi) is 6.04. The predicted octanol–water partition coefficient (Wildman–Crippen LogP) is 0.201. The highest BCUT2D eigenvalue weighted by Crippen LogP contribution is 2.13. The summed E-state index contributed by atoms with van der Waals surface area (Å²) in [6, 6.07) is 0. The molecule has 0 aromatic carbocycles. The van der Waals surface area contributed by atoms with E-state index in [1.165, 1.54) is 19.3 Å². The van der Waals surface area contributed by atoms with Gasteiger partial charge in [0.15, 0.2) is 5.82 Å². The molecule has 1 fully saturated rings. The summed E-state index contributed by atoms with van der Waals surface area (Å²) in [4.78, 5) is 33.1. The molecule has 2 aliphatic rings. The number of nitrogens with zero attached hydrogens (tertiary/aromatic N) is 4. The minimum atomic E-state index is -0.213. The van der Waals surface area contributed by atoms with Crippen LogP contribution in [0.4, 0.5) is 0 Å². The Morgan fingerprint density at radius 2 is 2.00 bits per heavy atom. The van der Waals surface area contributed by atoms with E-state index in [1.54, 1.807) is 22.8 Å². The van der Waals surface area contributed by atoms with Gasteiger partial charge in [-0.15, -0.1) is 0 Å². The monoisotopic (exact) mass is 349 g/mol. The van der Waals surface area contributed by atoms with E-state index in [0.29, 0.717) is 44.3 Å². The van der Waals surface area contributed by atoms with Gasteiger partial charge in [0.2, 0.25) is 0 Å². The number of rotatable bonds is 7. The van der Waals surface area contributed by atoms with Gasteiger partial charge in [0.05, 0.1) is 6.61 Å². The molecule has 0 spiro atoms. The molecule has 8 nitrogen and oxygen atoms in total. The molecule has 3 heterocycles. The Balaban J connectivity index is 1.53. The zero-order valence-electron chi connectivity index (χ0n) is 14.9. The lowest BCUT2D eigenvalue weighted by Crippen LogP contribution is -2.42. The first-order valence-electron chi connectivity index (χ1n) is 9.05. The third kappa shape index (κ3) is 4.38. The second-order valence-corrected chi connectivity index (χ2v) is 6.59. The normalized spacial score (nSPS) is 18.3. The Labute approximate surface area is 148 Å². The summed E-state index contributed by atoms with van der Waals surface area (Å²) >= 11 is 0. The first-order chi connectivity index (χ1) is 12.2. The van der Waals surface area contributed by atoms with E-state index in [0.717, 1.165) is 19.6 Å². The van der Waals surface area contributed by atoms with Crippen LogP contribution in [-0.2, 0) is 11.3 Å². The molecule has 3 rings (SSSR count). The number of aromatic nitrogens is 2. The van der Waals surface area contributed by atoms with Gasteiger partial charge >= 0.3 is 0 Å². The van der Waals surface area contributed by atoms with Crippen molar-refractivity contribution in [3.8, 4) is 0 Å². The Morgan fingerprint density at radius 1 is 1.20 bits per heavy atom. The molecule has 0 atom stereocenters. The van der Waals surface area contributed by atoms with Crippen LogP contribution >= 0.6 is 0 Å². The van der Waals surface area contributed by atoms with Gasteiger partial charge in [0.25, 0.3) is 11.8 Å². The van der Waals surface area contributed by atoms with Gasteiger partial charge < -0.3 is 24.4 Å². The Bertz CT molecular complexity index is 609. The number of amides is 2. The lowest BCUT2D eigenvalue weighted by molar-refractivity contribution is 0.0633. The zero-order chi connectivity index (χ0) is 17.6. The summed E-state index contributed by atoms with van der Waals surface area (Å²) in [6.07, 6.45) is 5.46. The number of ether oxygens (including phenoxy) is 1. The minimum Gasteiger partial charge on any atom is -0.383 e. The number of methoxy groups -OCH3 is 1. The van der Waals surface area contributed by atoms with E-state index in [2.05, 4.69) is 15.2 Å². The number of carbonyl (C=O) groups is 2. The average molecular weight is 349 g/mol. The highest BCUT2D eigenvalue weighted by atomic mass is 16.5. The first kappa shape index (κ1) is 17.9. The third-order valence-corrected chi connectivity index (χ3v) is 4.83. The van der Waals surface area contributed by atoms with Gasteiger partial charge in [-0.05, 0) is 25.9 Å². The number of likely N-dealkylation sites (tertiary alicyclic amines) is 1. The van der Waals surface area contributed by atoms with E-state index in [9.17, 15) is 9.59 Å². The van der Waals surface area contributed by atoms with E-state index in [1.807, 2.05) is 0 Å². The molecular weight excluding hydrogens is 322 g/mol. The molecule has 1 N–H and O–H groups in total. The number of hydrogen-bond donors (Lipinski definition) is 1. The molecule has 0 aliphatic carbocycles. The third-order valence-electron chi connectivity index (χ3n) is 4.83. The molecule has 1 aromatic rings. The van der Waals surface area contributed by atoms with Crippen LogP contribution in [0.5, 0.6) is 0 Å². The topological polar surface area (TPSA) is 79.7 Å². The summed E-state index contributed by atoms with van der Waals surface area (Å²) in [7, 11) is 1.61. The number of hydrogen-bond acceptors (Lipinski definition) is 5. The van der Waals surface area contributed by atoms with Gasteiger partial charge in [0, 0.05) is 46.0 Å². The summed E-state index contributed by atoms with van der Waals surface area (Å²) in [5.74, 6) is -0.0191. The average Bonchev–Trinajstić information content (AvgIpc) is 3.07. The van der Waals surface area contributed by atoms with Crippen molar-refractivity contribution in [3.05, 3.63) is 17.7 Å². The summed E-state index contributed by atoms with van der Waals surface area (Å²) in [6.45, 7) is 6.00. The van der Waals surface area contributed by atoms with Crippen molar-refractivity contribution in [2.75, 3.05) is 53.0 Å². The van der Waals surface area contributed by atoms with Gasteiger partial charge in [-0.25, -0.2) is 4.98 Å². The fourth-order valence-electron chi connectivity index (χ4n) is 3.35. The fraction of sp³-hybridized carbons (Fsp3) is 0.706. The van der Waals surface area contributed by atoms with Crippen LogP contribution in [0.25, 0.3) is 0 Å². The van der Waals surface area contributed by atoms with Crippen LogP contribution in [0.1, 0.15) is 40.4 Å². The van der Waals surface area contributed by atoms with Crippen LogP contribution < -0.4 is 5.32 Å². The molecule has 0 radical (unpaired) electrons. The molecule has 1 aromatic heterocycles. The maximum absolute atomic E-state index is 12.4. The largest absolute Gasteiger partial charge is 0.383 e. The number of carbonyl (C=O) groups excluding carboxylic acids is 2. The summed E-state index contributed by atoms with van der Waals surface area (Å²) < 4.78 is 6.80. The molecule has 0 saturated carbocycles. The number of imidazole rings is 1. The van der Waals surface area contributed by atoms with Crippen LogP contribution in [0.15, 0.2) is 6.20 Å². The molecule has 0 bridgehead atoms. The molecule has 0 unspecified atom stereocenters. The van der Waals surface area contributed by atoms with Crippen LogP contribution in [0.3, 0.4) is 0 Å². The van der Waals surface area contributed by atoms with Crippen LogP contribution in [0.2, 0.25) is 0 Å². The maximum atomic E-state index is 12.4. The second kappa shape index (κ2) is 8.44. The van der Waals surface area contributed by atoms with Crippen molar-refractivity contribution in [3.63, 3.8) is 0 Å². The van der Waals surface area contributed by atoms with Gasteiger partial charge in [-0.1, -0.05) is 6.42 Å². The van der Waals surface area contributed by atoms with Crippen molar-refractivity contribution in [1.82, 2.24) is 24.7 Å². The zero-order valence-corrected chi connectivity index (χ0v) is 14.9. The summed E-state index contributed by atoms with van der Waals surface area (Å²) in [5.41, 5.74) is 0.315. The van der Waals surface area contributed by atoms with E-state index < -0.39 is 0 Å². The first-order valence-corrected chi connectivity index (χ1v) is 9.05. The molecule has 2 aliphatic heterocycles.